The number of ether oxygens (including phenoxy) is 1. The standard InChI is InChI=1S/C20H38N4OS/c1-3-26-20(10-14-25-15-11-20)16-22-19(21-2)23-17-8-12-24(13-9-17)18-6-4-5-7-18/h17-18H,3-16H2,1-2H3,(H2,21,22,23). The first-order valence-electron chi connectivity index (χ1n) is 10.7. The van der Waals surface area contributed by atoms with Gasteiger partial charge in [-0.2, -0.15) is 11.8 Å². The molecule has 3 fully saturated rings. The van der Waals surface area contributed by atoms with E-state index in [9.17, 15) is 0 Å². The Kier molecular flexibility index (Phi) is 7.94. The maximum absolute atomic E-state index is 5.59. The molecule has 1 saturated carbocycles. The van der Waals surface area contributed by atoms with Gasteiger partial charge in [-0.25, -0.2) is 0 Å². The first kappa shape index (κ1) is 20.3. The van der Waals surface area contributed by atoms with Crippen LogP contribution in [0, 0.1) is 0 Å². The normalized spacial score (nSPS) is 26.2. The minimum atomic E-state index is 0.302. The molecule has 1 aliphatic carbocycles. The van der Waals surface area contributed by atoms with Crippen molar-refractivity contribution in [3.8, 4) is 0 Å². The smallest absolute Gasteiger partial charge is 0.191 e. The molecule has 2 saturated heterocycles. The van der Waals surface area contributed by atoms with Gasteiger partial charge in [-0.15, -0.1) is 0 Å². The van der Waals surface area contributed by atoms with E-state index in [1.807, 2.05) is 7.05 Å². The van der Waals surface area contributed by atoms with Crippen LogP contribution in [-0.2, 0) is 4.74 Å². The summed E-state index contributed by atoms with van der Waals surface area (Å²) in [6, 6.07) is 1.43. The van der Waals surface area contributed by atoms with E-state index in [-0.39, 0.29) is 0 Å². The maximum Gasteiger partial charge on any atom is 0.191 e. The van der Waals surface area contributed by atoms with Crippen molar-refractivity contribution in [3.05, 3.63) is 0 Å². The SMILES string of the molecule is CCSC1(CNC(=NC)NC2CCN(C3CCCC3)CC2)CCOCC1. The Morgan fingerprint density at radius 2 is 1.85 bits per heavy atom. The minimum Gasteiger partial charge on any atom is -0.381 e. The van der Waals surface area contributed by atoms with Crippen LogP contribution in [0.5, 0.6) is 0 Å². The Morgan fingerprint density at radius 3 is 2.46 bits per heavy atom. The first-order chi connectivity index (χ1) is 12.7. The largest absolute Gasteiger partial charge is 0.381 e. The number of hydrogen-bond donors (Lipinski definition) is 2. The average molecular weight is 383 g/mol. The predicted octanol–water partition coefficient (Wildman–Crippen LogP) is 2.86. The van der Waals surface area contributed by atoms with Crippen LogP contribution in [0.15, 0.2) is 4.99 Å². The van der Waals surface area contributed by atoms with Crippen LogP contribution in [0.2, 0.25) is 0 Å². The van der Waals surface area contributed by atoms with Gasteiger partial charge in [-0.3, -0.25) is 4.99 Å². The van der Waals surface area contributed by atoms with Crippen molar-refractivity contribution in [2.45, 2.75) is 75.1 Å². The molecule has 0 spiro atoms. The van der Waals surface area contributed by atoms with E-state index in [0.717, 1.165) is 50.4 Å². The van der Waals surface area contributed by atoms with Crippen molar-refractivity contribution >= 4 is 17.7 Å². The molecule has 0 bridgehead atoms. The van der Waals surface area contributed by atoms with Crippen LogP contribution < -0.4 is 10.6 Å². The van der Waals surface area contributed by atoms with E-state index in [2.05, 4.69) is 39.2 Å². The quantitative estimate of drug-likeness (QED) is 0.546. The zero-order valence-electron chi connectivity index (χ0n) is 16.8. The number of likely N-dealkylation sites (tertiary alicyclic amines) is 1. The molecule has 3 aliphatic rings. The van der Waals surface area contributed by atoms with Gasteiger partial charge in [0.1, 0.15) is 0 Å². The fourth-order valence-corrected chi connectivity index (χ4v) is 5.97. The van der Waals surface area contributed by atoms with Crippen LogP contribution in [-0.4, -0.2) is 73.3 Å². The van der Waals surface area contributed by atoms with E-state index in [0.29, 0.717) is 10.8 Å². The van der Waals surface area contributed by atoms with Gasteiger partial charge >= 0.3 is 0 Å². The first-order valence-corrected chi connectivity index (χ1v) is 11.7. The number of nitrogens with zero attached hydrogens (tertiary/aromatic N) is 2. The number of thioether (sulfide) groups is 1. The van der Waals surface area contributed by atoms with E-state index >= 15 is 0 Å². The molecule has 2 aliphatic heterocycles. The third-order valence-electron chi connectivity index (χ3n) is 6.37. The minimum absolute atomic E-state index is 0.302. The van der Waals surface area contributed by atoms with Crippen LogP contribution >= 0.6 is 11.8 Å². The lowest BCUT2D eigenvalue weighted by atomic mass is 9.99. The second-order valence-corrected chi connectivity index (χ2v) is 9.78. The van der Waals surface area contributed by atoms with Gasteiger partial charge < -0.3 is 20.3 Å². The molecular formula is C20H38N4OS. The van der Waals surface area contributed by atoms with Crippen molar-refractivity contribution in [2.24, 2.45) is 4.99 Å². The fourth-order valence-electron chi connectivity index (χ4n) is 4.73. The highest BCUT2D eigenvalue weighted by Gasteiger charge is 2.33. The monoisotopic (exact) mass is 382 g/mol. The van der Waals surface area contributed by atoms with Crippen LogP contribution in [0.25, 0.3) is 0 Å². The maximum atomic E-state index is 5.59. The Bertz CT molecular complexity index is 434. The van der Waals surface area contributed by atoms with Gasteiger partial charge in [-0.05, 0) is 44.3 Å². The predicted molar refractivity (Wildman–Crippen MR) is 112 cm³/mol. The van der Waals surface area contributed by atoms with Crippen LogP contribution in [0.4, 0.5) is 0 Å². The van der Waals surface area contributed by atoms with Crippen molar-refractivity contribution in [2.75, 3.05) is 45.6 Å². The van der Waals surface area contributed by atoms with Crippen molar-refractivity contribution in [1.82, 2.24) is 15.5 Å². The summed E-state index contributed by atoms with van der Waals surface area (Å²) in [6.07, 6.45) is 10.4. The van der Waals surface area contributed by atoms with E-state index in [1.165, 1.54) is 51.6 Å². The zero-order valence-corrected chi connectivity index (χ0v) is 17.6. The van der Waals surface area contributed by atoms with Crippen molar-refractivity contribution < 1.29 is 4.74 Å². The Hall–Kier alpha value is -0.460. The van der Waals surface area contributed by atoms with Gasteiger partial charge in [0.25, 0.3) is 0 Å². The molecule has 2 N–H and O–H groups in total. The number of piperidine rings is 1. The van der Waals surface area contributed by atoms with Gasteiger partial charge in [0.2, 0.25) is 0 Å². The van der Waals surface area contributed by atoms with E-state index in [4.69, 9.17) is 4.74 Å². The topological polar surface area (TPSA) is 48.9 Å². The second kappa shape index (κ2) is 10.2. The van der Waals surface area contributed by atoms with Crippen LogP contribution in [0.1, 0.15) is 58.3 Å². The number of guanidine groups is 1. The molecule has 3 rings (SSSR count). The lowest BCUT2D eigenvalue weighted by Crippen LogP contribution is -2.53. The number of hydrogen-bond acceptors (Lipinski definition) is 4. The lowest BCUT2D eigenvalue weighted by molar-refractivity contribution is 0.0781. The molecule has 5 nitrogen and oxygen atoms in total. The molecule has 0 radical (unpaired) electrons. The second-order valence-electron chi connectivity index (χ2n) is 8.05. The van der Waals surface area contributed by atoms with Crippen molar-refractivity contribution in [1.29, 1.82) is 0 Å². The molecule has 0 aromatic rings. The third-order valence-corrected chi connectivity index (χ3v) is 7.82. The van der Waals surface area contributed by atoms with Gasteiger partial charge in [0.15, 0.2) is 5.96 Å². The molecule has 2 heterocycles. The molecule has 26 heavy (non-hydrogen) atoms. The van der Waals surface area contributed by atoms with Gasteiger partial charge in [-0.1, -0.05) is 19.8 Å². The summed E-state index contributed by atoms with van der Waals surface area (Å²) in [4.78, 5) is 7.23. The summed E-state index contributed by atoms with van der Waals surface area (Å²) < 4.78 is 5.89. The molecule has 0 amide bonds. The number of rotatable bonds is 6. The fraction of sp³-hybridized carbons (Fsp3) is 0.950. The van der Waals surface area contributed by atoms with E-state index < -0.39 is 0 Å². The van der Waals surface area contributed by atoms with E-state index in [1.54, 1.807) is 0 Å². The molecule has 0 aromatic carbocycles. The Labute approximate surface area is 164 Å². The third kappa shape index (κ3) is 5.52. The average Bonchev–Trinajstić information content (AvgIpc) is 3.21. The summed E-state index contributed by atoms with van der Waals surface area (Å²) in [7, 11) is 1.90. The molecule has 6 heteroatoms. The molecule has 150 valence electrons. The summed E-state index contributed by atoms with van der Waals surface area (Å²) >= 11 is 2.08. The lowest BCUT2D eigenvalue weighted by Gasteiger charge is -2.38. The highest BCUT2D eigenvalue weighted by molar-refractivity contribution is 8.00. The number of nitrogens with one attached hydrogen (secondary N) is 2. The summed E-state index contributed by atoms with van der Waals surface area (Å²) in [6.45, 7) is 7.50. The summed E-state index contributed by atoms with van der Waals surface area (Å²) in [5.41, 5.74) is 0. The highest BCUT2D eigenvalue weighted by Crippen LogP contribution is 2.34. The summed E-state index contributed by atoms with van der Waals surface area (Å²) in [5, 5.41) is 7.31. The molecular weight excluding hydrogens is 344 g/mol. The molecule has 0 aromatic heterocycles. The molecule has 0 atom stereocenters. The van der Waals surface area contributed by atoms with Gasteiger partial charge in [0, 0.05) is 56.7 Å². The van der Waals surface area contributed by atoms with Crippen molar-refractivity contribution in [3.63, 3.8) is 0 Å². The van der Waals surface area contributed by atoms with Crippen LogP contribution in [0.3, 0.4) is 0 Å². The Morgan fingerprint density at radius 1 is 1.15 bits per heavy atom. The Balaban J connectivity index is 1.43. The summed E-state index contributed by atoms with van der Waals surface area (Å²) in [5.74, 6) is 2.14. The highest BCUT2D eigenvalue weighted by atomic mass is 32.2. The zero-order chi connectivity index (χ0) is 18.2. The number of aliphatic imine (C=N–C) groups is 1. The molecule has 0 unspecified atom stereocenters. The van der Waals surface area contributed by atoms with Gasteiger partial charge in [0.05, 0.1) is 0 Å².